The molecule has 0 spiro atoms. The quantitative estimate of drug-likeness (QED) is 0.196. The molecule has 9 nitrogen and oxygen atoms in total. The first-order chi connectivity index (χ1) is 15.0. The molecule has 0 aromatic heterocycles. The molecule has 1 fully saturated rings. The Kier molecular flexibility index (Phi) is 12.2. The number of hydrogen-bond acceptors (Lipinski definition) is 9. The van der Waals surface area contributed by atoms with Gasteiger partial charge in [0.2, 0.25) is 5.91 Å². The molecule has 1 unspecified atom stereocenters. The van der Waals surface area contributed by atoms with Crippen molar-refractivity contribution < 1.29 is 38.1 Å². The Balaban J connectivity index is 3.47. The van der Waals surface area contributed by atoms with Crippen molar-refractivity contribution in [1.82, 2.24) is 5.32 Å². The van der Waals surface area contributed by atoms with Crippen molar-refractivity contribution in [3.05, 3.63) is 12.7 Å². The van der Waals surface area contributed by atoms with Crippen LogP contribution in [0.4, 0.5) is 0 Å². The molecule has 182 valence electrons. The van der Waals surface area contributed by atoms with Crippen LogP contribution in [-0.4, -0.2) is 83.2 Å². The average molecular weight is 493 g/mol. The second-order valence-corrected chi connectivity index (χ2v) is 10.7. The monoisotopic (exact) mass is 492 g/mol. The van der Waals surface area contributed by atoms with Gasteiger partial charge in [0.25, 0.3) is 0 Å². The van der Waals surface area contributed by atoms with Crippen molar-refractivity contribution >= 4 is 46.5 Å². The van der Waals surface area contributed by atoms with E-state index >= 15 is 0 Å². The van der Waals surface area contributed by atoms with Crippen LogP contribution < -0.4 is 5.32 Å². The molecule has 0 saturated carbocycles. The van der Waals surface area contributed by atoms with Gasteiger partial charge in [0.05, 0.1) is 0 Å². The largest absolute Gasteiger partial charge is 0.456 e. The molecular formula is C21H34NO8S2+. The van der Waals surface area contributed by atoms with Gasteiger partial charge < -0.3 is 24.3 Å². The van der Waals surface area contributed by atoms with Gasteiger partial charge in [-0.1, -0.05) is 6.58 Å². The normalized spacial score (nSPS) is 26.9. The molecule has 11 heteroatoms. The van der Waals surface area contributed by atoms with Crippen LogP contribution in [0.3, 0.4) is 0 Å². The molecule has 1 aliphatic heterocycles. The molecule has 0 aromatic carbocycles. The van der Waals surface area contributed by atoms with Crippen LogP contribution in [0.25, 0.3) is 0 Å². The maximum atomic E-state index is 12.0. The number of ether oxygens (including phenoxy) is 4. The Bertz CT molecular complexity index is 689. The van der Waals surface area contributed by atoms with Gasteiger partial charge in [-0.2, -0.15) is 0 Å². The molecule has 1 aliphatic rings. The predicted molar refractivity (Wildman–Crippen MR) is 124 cm³/mol. The molecule has 1 rings (SSSR count). The predicted octanol–water partition coefficient (Wildman–Crippen LogP) is 1.20. The first-order valence-electron chi connectivity index (χ1n) is 10.3. The van der Waals surface area contributed by atoms with Crippen LogP contribution in [0.2, 0.25) is 0 Å². The summed E-state index contributed by atoms with van der Waals surface area (Å²) in [6, 6.07) is -0.536. The fourth-order valence-corrected chi connectivity index (χ4v) is 5.96. The first kappa shape index (κ1) is 28.3. The Morgan fingerprint density at radius 1 is 1.03 bits per heavy atom. The van der Waals surface area contributed by atoms with Gasteiger partial charge in [-0.15, -0.1) is 11.8 Å². The van der Waals surface area contributed by atoms with E-state index in [4.69, 9.17) is 18.9 Å². The Labute approximate surface area is 196 Å². The molecule has 0 aromatic rings. The molecule has 1 amide bonds. The van der Waals surface area contributed by atoms with Crippen molar-refractivity contribution in [1.29, 1.82) is 0 Å². The molecule has 7 atom stereocenters. The van der Waals surface area contributed by atoms with E-state index in [0.717, 1.165) is 11.5 Å². The topological polar surface area (TPSA) is 117 Å². The van der Waals surface area contributed by atoms with Crippen LogP contribution in [0.15, 0.2) is 12.7 Å². The lowest BCUT2D eigenvalue weighted by Gasteiger charge is -2.46. The summed E-state index contributed by atoms with van der Waals surface area (Å²) in [5, 5.41) is 2.91. The van der Waals surface area contributed by atoms with Crippen molar-refractivity contribution in [2.75, 3.05) is 23.5 Å². The molecule has 32 heavy (non-hydrogen) atoms. The fraction of sp³-hybridized carbons (Fsp3) is 0.714. The van der Waals surface area contributed by atoms with Crippen molar-refractivity contribution in [3.8, 4) is 0 Å². The van der Waals surface area contributed by atoms with Crippen LogP contribution in [0.5, 0.6) is 0 Å². The zero-order valence-corrected chi connectivity index (χ0v) is 21.1. The summed E-state index contributed by atoms with van der Waals surface area (Å²) in [4.78, 5) is 47.6. The highest BCUT2D eigenvalue weighted by Gasteiger charge is 2.54. The summed E-state index contributed by atoms with van der Waals surface area (Å²) >= 11 is 1.26. The highest BCUT2D eigenvalue weighted by molar-refractivity contribution is 7.99. The smallest absolute Gasteiger partial charge is 0.303 e. The van der Waals surface area contributed by atoms with Gasteiger partial charge in [-0.3, -0.25) is 19.2 Å². The number of esters is 3. The van der Waals surface area contributed by atoms with Crippen LogP contribution in [0, 0.1) is 0 Å². The van der Waals surface area contributed by atoms with E-state index in [1.54, 1.807) is 6.26 Å². The van der Waals surface area contributed by atoms with E-state index in [2.05, 4.69) is 11.9 Å². The zero-order valence-electron chi connectivity index (χ0n) is 19.5. The molecule has 0 radical (unpaired) electrons. The van der Waals surface area contributed by atoms with E-state index in [1.807, 2.05) is 13.0 Å². The van der Waals surface area contributed by atoms with Gasteiger partial charge in [0.1, 0.15) is 34.8 Å². The summed E-state index contributed by atoms with van der Waals surface area (Å²) < 4.78 is 22.7. The van der Waals surface area contributed by atoms with E-state index < -0.39 is 53.8 Å². The second-order valence-electron chi connectivity index (χ2n) is 7.26. The lowest BCUT2D eigenvalue weighted by atomic mass is 9.94. The summed E-state index contributed by atoms with van der Waals surface area (Å²) in [6.45, 7) is 10.9. The maximum Gasteiger partial charge on any atom is 0.303 e. The SMILES string of the molecule is C=CC[S+](CC)C[C@H](NC(C)=O)[C@H]1O[C@H](SC)[C@H](OC(C)=O)[C@@H](OC(C)=O)[C@H]1OC(C)=O. The standard InChI is InChI=1S/C21H33NO8S2/c1-8-10-32(9-2)11-16(22-12(3)23)17-18(27-13(4)24)19(28-14(5)25)20(29-15(6)26)21(30-17)31-7/h8,16-21H,1,9-11H2,2-7H3/p+1/t16-,17+,18-,19-,20+,21+,32?/m0/s1. The van der Waals surface area contributed by atoms with E-state index in [-0.39, 0.29) is 16.8 Å². The maximum absolute atomic E-state index is 12.0. The summed E-state index contributed by atoms with van der Waals surface area (Å²) in [6.07, 6.45) is -0.434. The zero-order chi connectivity index (χ0) is 24.4. The van der Waals surface area contributed by atoms with Crippen molar-refractivity contribution in [3.63, 3.8) is 0 Å². The summed E-state index contributed by atoms with van der Waals surface area (Å²) in [7, 11) is -0.113. The molecule has 1 N–H and O–H groups in total. The number of carbonyl (C=O) groups is 4. The fourth-order valence-electron chi connectivity index (χ4n) is 3.52. The van der Waals surface area contributed by atoms with Gasteiger partial charge in [0.15, 0.2) is 18.3 Å². The molecule has 1 saturated heterocycles. The molecule has 0 aliphatic carbocycles. The first-order valence-corrected chi connectivity index (χ1v) is 13.3. The van der Waals surface area contributed by atoms with Crippen LogP contribution in [-0.2, 0) is 49.0 Å². The highest BCUT2D eigenvalue weighted by atomic mass is 32.2. The van der Waals surface area contributed by atoms with Crippen molar-refractivity contribution in [2.45, 2.75) is 70.5 Å². The molecule has 0 bridgehead atoms. The minimum atomic E-state index is -1.10. The summed E-state index contributed by atoms with van der Waals surface area (Å²) in [5.74, 6) is 0.0662. The minimum Gasteiger partial charge on any atom is -0.456 e. The number of hydrogen-bond donors (Lipinski definition) is 1. The second kappa shape index (κ2) is 13.7. The number of carbonyl (C=O) groups excluding carboxylic acids is 4. The molecular weight excluding hydrogens is 458 g/mol. The minimum absolute atomic E-state index is 0.113. The number of amides is 1. The third-order valence-corrected chi connectivity index (χ3v) is 7.83. The Morgan fingerprint density at radius 2 is 1.56 bits per heavy atom. The number of nitrogens with one attached hydrogen (secondary N) is 1. The van der Waals surface area contributed by atoms with Gasteiger partial charge in [-0.25, -0.2) is 0 Å². The van der Waals surface area contributed by atoms with E-state index in [1.165, 1.54) is 39.5 Å². The highest BCUT2D eigenvalue weighted by Crippen LogP contribution is 2.34. The average Bonchev–Trinajstić information content (AvgIpc) is 2.68. The van der Waals surface area contributed by atoms with E-state index in [0.29, 0.717) is 5.75 Å². The summed E-state index contributed by atoms with van der Waals surface area (Å²) in [5.41, 5.74) is -0.709. The Morgan fingerprint density at radius 3 is 2.00 bits per heavy atom. The third kappa shape index (κ3) is 8.67. The van der Waals surface area contributed by atoms with Gasteiger partial charge in [0, 0.05) is 27.7 Å². The van der Waals surface area contributed by atoms with Gasteiger partial charge >= 0.3 is 17.9 Å². The van der Waals surface area contributed by atoms with Crippen molar-refractivity contribution in [2.24, 2.45) is 0 Å². The Hall–Kier alpha value is -1.72. The van der Waals surface area contributed by atoms with Crippen LogP contribution in [0.1, 0.15) is 34.6 Å². The molecule has 1 heterocycles. The lowest BCUT2D eigenvalue weighted by molar-refractivity contribution is -0.234. The lowest BCUT2D eigenvalue weighted by Crippen LogP contribution is -2.66. The third-order valence-electron chi connectivity index (χ3n) is 4.63. The van der Waals surface area contributed by atoms with Crippen LogP contribution >= 0.6 is 11.8 Å². The number of rotatable bonds is 11. The van der Waals surface area contributed by atoms with Gasteiger partial charge in [-0.05, 0) is 30.2 Å². The van der Waals surface area contributed by atoms with E-state index in [9.17, 15) is 19.2 Å². The number of thioether (sulfide) groups is 1.